The monoisotopic (exact) mass is 1450 g/mol. The first-order valence-electron chi connectivity index (χ1n) is 34.6. The van der Waals surface area contributed by atoms with E-state index in [-0.39, 0.29) is 58.9 Å². The van der Waals surface area contributed by atoms with Crippen LogP contribution in [0.25, 0.3) is 21.3 Å². The Morgan fingerprint density at radius 3 is 2.26 bits per heavy atom. The van der Waals surface area contributed by atoms with Gasteiger partial charge in [-0.1, -0.05) is 61.6 Å². The van der Waals surface area contributed by atoms with Gasteiger partial charge in [-0.05, 0) is 140 Å². The van der Waals surface area contributed by atoms with Gasteiger partial charge in [-0.25, -0.2) is 19.6 Å². The van der Waals surface area contributed by atoms with Crippen LogP contribution in [-0.2, 0) is 75.5 Å². The normalized spacial score (nSPS) is 25.1. The molecule has 30 nitrogen and oxygen atoms in total. The second kappa shape index (κ2) is 30.5. The van der Waals surface area contributed by atoms with Crippen molar-refractivity contribution in [1.82, 2.24) is 40.6 Å². The first-order chi connectivity index (χ1) is 49.6. The van der Waals surface area contributed by atoms with Crippen LogP contribution >= 0.6 is 11.3 Å². The number of hydrogen-bond acceptors (Lipinski definition) is 24. The van der Waals surface area contributed by atoms with E-state index in [1.54, 1.807) is 24.4 Å². The molecule has 7 aliphatic rings. The van der Waals surface area contributed by atoms with Crippen LogP contribution in [0.2, 0.25) is 0 Å². The summed E-state index contributed by atoms with van der Waals surface area (Å²) in [5.41, 5.74) is 2.43. The molecule has 5 amide bonds. The zero-order valence-corrected chi connectivity index (χ0v) is 58.6. The van der Waals surface area contributed by atoms with Crippen molar-refractivity contribution >= 4 is 79.9 Å². The number of para-hydroxylation sites is 1. The summed E-state index contributed by atoms with van der Waals surface area (Å²) in [6.45, 7) is 4.56. The number of unbranched alkanes of at least 4 members (excludes halogenated alkanes) is 1. The third-order valence-corrected chi connectivity index (χ3v) is 21.8. The minimum atomic E-state index is -2.03. The molecule has 554 valence electrons. The van der Waals surface area contributed by atoms with Gasteiger partial charge in [0, 0.05) is 72.8 Å². The van der Waals surface area contributed by atoms with Crippen molar-refractivity contribution in [1.29, 1.82) is 0 Å². The number of aliphatic hydroxyl groups excluding tert-OH is 6. The number of carbonyl (C=O) groups is 8. The van der Waals surface area contributed by atoms with E-state index in [0.29, 0.717) is 84.9 Å². The van der Waals surface area contributed by atoms with Crippen molar-refractivity contribution in [2.75, 3.05) is 62.8 Å². The van der Waals surface area contributed by atoms with Gasteiger partial charge in [0.2, 0.25) is 18.1 Å². The van der Waals surface area contributed by atoms with Crippen LogP contribution < -0.4 is 30.9 Å². The maximum absolute atomic E-state index is 14.4. The lowest BCUT2D eigenvalue weighted by atomic mass is 9.39. The molecule has 1 saturated heterocycles. The number of amides is 5. The Labute approximate surface area is 601 Å². The summed E-state index contributed by atoms with van der Waals surface area (Å²) < 4.78 is 27.3. The summed E-state index contributed by atoms with van der Waals surface area (Å²) in [5.74, 6) is -6.37. The van der Waals surface area contributed by atoms with Crippen LogP contribution in [0.15, 0.2) is 91.1 Å². The topological polar surface area (TPSA) is 434 Å². The molecule has 8 atom stereocenters. The Morgan fingerprint density at radius 2 is 1.55 bits per heavy atom. The number of aliphatic carboxylic acids is 1. The summed E-state index contributed by atoms with van der Waals surface area (Å²) in [5, 5.41) is 99.5. The van der Waals surface area contributed by atoms with E-state index >= 15 is 0 Å². The molecule has 31 heteroatoms. The number of nitrogens with zero attached hydrogens (tertiary/aromatic N) is 6. The van der Waals surface area contributed by atoms with Crippen molar-refractivity contribution in [3.8, 4) is 16.9 Å². The van der Waals surface area contributed by atoms with Crippen molar-refractivity contribution < 1.29 is 98.2 Å². The second-order valence-electron chi connectivity index (χ2n) is 29.3. The Morgan fingerprint density at radius 1 is 0.808 bits per heavy atom. The number of thiazole rings is 1. The van der Waals surface area contributed by atoms with Crippen molar-refractivity contribution in [3.63, 3.8) is 0 Å². The first-order valence-corrected chi connectivity index (χ1v) is 35.4. The Kier molecular flexibility index (Phi) is 21.9. The molecule has 4 aliphatic carbocycles. The molecule has 4 saturated carbocycles. The van der Waals surface area contributed by atoms with Gasteiger partial charge >= 0.3 is 17.9 Å². The van der Waals surface area contributed by atoms with E-state index < -0.39 is 129 Å². The molecule has 13 rings (SSSR count). The minimum Gasteiger partial charge on any atom is -0.479 e. The maximum Gasteiger partial charge on any atom is 0.355 e. The number of carboxylic acids is 2. The highest BCUT2D eigenvalue weighted by Crippen LogP contribution is 2.72. The lowest BCUT2D eigenvalue weighted by molar-refractivity contribution is -0.271. The number of carbonyl (C=O) groups excluding carboxylic acids is 6. The summed E-state index contributed by atoms with van der Waals surface area (Å²) >= 11 is 1.39. The number of aromatic nitrogens is 4. The molecule has 3 aromatic heterocycles. The van der Waals surface area contributed by atoms with Crippen molar-refractivity contribution in [2.45, 2.75) is 159 Å². The number of pyridine rings is 1. The van der Waals surface area contributed by atoms with Crippen LogP contribution in [0.5, 0.6) is 5.75 Å². The Balaban J connectivity index is 0.716. The molecule has 5 fully saturated rings. The number of carboxylic acid groups (broad SMARTS) is 2. The molecule has 0 spiro atoms. The van der Waals surface area contributed by atoms with Gasteiger partial charge < -0.3 is 80.6 Å². The Hall–Kier alpha value is -9.15. The third kappa shape index (κ3) is 16.1. The quantitative estimate of drug-likeness (QED) is 0.0169. The molecule has 0 radical (unpaired) electrons. The molecule has 6 aromatic rings. The van der Waals surface area contributed by atoms with Gasteiger partial charge in [0.05, 0.1) is 54.9 Å². The molecule has 6 heterocycles. The molecule has 12 N–H and O–H groups in total. The number of anilines is 2. The van der Waals surface area contributed by atoms with Crippen LogP contribution in [0.4, 0.5) is 10.9 Å². The molecule has 4 unspecified atom stereocenters. The number of nitrogens with one attached hydrogen (secondary N) is 4. The van der Waals surface area contributed by atoms with Gasteiger partial charge in [-0.15, -0.1) is 0 Å². The highest BCUT2D eigenvalue weighted by molar-refractivity contribution is 7.22. The average Bonchev–Trinajstić information content (AvgIpc) is 0.783. The van der Waals surface area contributed by atoms with E-state index in [9.17, 15) is 79.2 Å². The number of aryl methyl sites for hydroxylation is 1. The number of imide groups is 1. The summed E-state index contributed by atoms with van der Waals surface area (Å²) in [7, 11) is 0. The van der Waals surface area contributed by atoms with Crippen LogP contribution in [0.1, 0.15) is 120 Å². The SMILES string of the molecule is Cc1c(-c2ccc(N3CCc4cccc(C(=O)Nc5nc6ccccc6s5)c4C3)nc2C(=O)O)cnn1CC12CC3(C)CC(C)(C1)CC(OCCNC(CC(=O)NC(CO)(CO)CO)C(=O)OCc1ccc(CCCCNC(=O)CN4C(=O)C=CC4=O)cc1O[C@@H]1O[C@H](C(=O)O)C(O)[C@H](O)[C@H]1O)(C3)C2. The molecule has 3 aromatic carbocycles. The van der Waals surface area contributed by atoms with E-state index in [1.165, 1.54) is 23.5 Å². The van der Waals surface area contributed by atoms with E-state index in [2.05, 4.69) is 40.1 Å². The molecular weight excluding hydrogens is 1370 g/mol. The van der Waals surface area contributed by atoms with Gasteiger partial charge in [0.15, 0.2) is 16.9 Å². The molecule has 3 aliphatic heterocycles. The fourth-order valence-electron chi connectivity index (χ4n) is 16.9. The van der Waals surface area contributed by atoms with Gasteiger partial charge in [0.1, 0.15) is 54.6 Å². The predicted octanol–water partition coefficient (Wildman–Crippen LogP) is 3.07. The third-order valence-electron chi connectivity index (χ3n) is 20.8. The minimum absolute atomic E-state index is 0.00756. The number of benzene rings is 3. The van der Waals surface area contributed by atoms with Crippen molar-refractivity contribution in [3.05, 3.63) is 130 Å². The first kappa shape index (κ1) is 74.6. The lowest BCUT2D eigenvalue weighted by Crippen LogP contribution is -2.64. The highest BCUT2D eigenvalue weighted by Gasteiger charge is 2.66. The number of fused-ring (bicyclic) bond motifs is 2. The zero-order chi connectivity index (χ0) is 74.0. The summed E-state index contributed by atoms with van der Waals surface area (Å²) in [6, 6.07) is 20.2. The zero-order valence-electron chi connectivity index (χ0n) is 57.7. The fraction of sp³-hybridized carbons (Fsp3) is 0.493. The maximum atomic E-state index is 14.4. The molecule has 104 heavy (non-hydrogen) atoms. The van der Waals surface area contributed by atoms with Gasteiger partial charge in [-0.3, -0.25) is 43.7 Å². The van der Waals surface area contributed by atoms with Crippen LogP contribution in [-0.4, -0.2) is 213 Å². The number of esters is 1. The number of aliphatic hydroxyl groups is 6. The number of ether oxygens (including phenoxy) is 4. The molecule has 4 bridgehead atoms. The predicted molar refractivity (Wildman–Crippen MR) is 372 cm³/mol. The van der Waals surface area contributed by atoms with Crippen LogP contribution in [0, 0.1) is 23.2 Å². The number of aromatic carboxylic acids is 1. The number of rotatable bonds is 31. The highest BCUT2D eigenvalue weighted by atomic mass is 32.1. The molecular formula is C73H86N10O20S. The fourth-order valence-corrected chi connectivity index (χ4v) is 17.8. The van der Waals surface area contributed by atoms with Gasteiger partial charge in [0.25, 0.3) is 17.7 Å². The lowest BCUT2D eigenvalue weighted by Gasteiger charge is -2.69. The number of hydrogen-bond donors (Lipinski definition) is 12. The van der Waals surface area contributed by atoms with E-state index in [1.807, 2.05) is 59.0 Å². The summed E-state index contributed by atoms with van der Waals surface area (Å²) in [4.78, 5) is 116. The smallest absolute Gasteiger partial charge is 0.355 e. The second-order valence-corrected chi connectivity index (χ2v) is 30.3. The van der Waals surface area contributed by atoms with E-state index in [0.717, 1.165) is 76.2 Å². The van der Waals surface area contributed by atoms with Crippen LogP contribution in [0.3, 0.4) is 0 Å². The Bertz CT molecular complexity index is 4250. The largest absolute Gasteiger partial charge is 0.479 e. The van der Waals surface area contributed by atoms with E-state index in [4.69, 9.17) is 29.0 Å². The van der Waals surface area contributed by atoms with Crippen molar-refractivity contribution in [2.24, 2.45) is 16.2 Å². The summed E-state index contributed by atoms with van der Waals surface area (Å²) in [6.07, 6.45) is -0.00000577. The standard InChI is InChI=1S/C73H86N10O20S/c1-41-47(45-16-17-53(78-58(45)64(95)96)81-23-20-43-10-8-11-46(48(43)28-81)63(94)79-68-77-49-12-4-5-13-52(49)104-68)27-76-83(41)37-71-32-69(2)31-70(3,33-71)35-73(34-69,36-71)101-24-22-74-50(26-54(87)80-72(38-84,39-85)40-86)66(99)100-30-44-15-14-42(9-6-7-21-75-55(88)29-82-56(89)18-19-57(82)90)25-51(44)102-67-61(93)59(91)60(92)62(103-67)65(97)98/h4-5,8,10-19,25,27,50,59-62,67,74,84-86,91-93H,6-7,9,20-24,26,28-40H2,1-3H3,(H,75,88)(H,80,87)(H,95,96)(H,97,98)(H,77,79,94)/t50?,59-,60?,61+,62-,67+,69?,70?,71?,73?/m0/s1. The van der Waals surface area contributed by atoms with Gasteiger partial charge in [-0.2, -0.15) is 5.10 Å². The average molecular weight is 1460 g/mol.